The van der Waals surface area contributed by atoms with Crippen LogP contribution in [0.2, 0.25) is 0 Å². The summed E-state index contributed by atoms with van der Waals surface area (Å²) in [5.74, 6) is 0. The largest absolute Gasteiger partial charge is 0.326 e. The van der Waals surface area contributed by atoms with Crippen molar-refractivity contribution in [3.63, 3.8) is 0 Å². The molecule has 2 N–H and O–H groups in total. The van der Waals surface area contributed by atoms with Gasteiger partial charge in [0.05, 0.1) is 5.69 Å². The normalized spacial score (nSPS) is 10.8. The van der Waals surface area contributed by atoms with Crippen LogP contribution in [-0.2, 0) is 13.6 Å². The van der Waals surface area contributed by atoms with E-state index in [-0.39, 0.29) is 0 Å². The summed E-state index contributed by atoms with van der Waals surface area (Å²) in [6.07, 6.45) is 1.98. The van der Waals surface area contributed by atoms with E-state index in [4.69, 9.17) is 5.73 Å². The molecule has 0 aliphatic carbocycles. The van der Waals surface area contributed by atoms with Crippen LogP contribution >= 0.6 is 0 Å². The van der Waals surface area contributed by atoms with Gasteiger partial charge in [-0.05, 0) is 25.5 Å². The SMILES string of the molecule is Cc1ccc(C)c(-c2nn(C)cc2CN)c1. The van der Waals surface area contributed by atoms with E-state index >= 15 is 0 Å². The molecule has 0 unspecified atom stereocenters. The Bertz CT molecular complexity index is 512. The predicted molar refractivity (Wildman–Crippen MR) is 66.0 cm³/mol. The number of rotatable bonds is 2. The molecule has 0 saturated heterocycles. The molecule has 3 nitrogen and oxygen atoms in total. The van der Waals surface area contributed by atoms with Gasteiger partial charge in [0.15, 0.2) is 0 Å². The molecule has 1 aromatic heterocycles. The summed E-state index contributed by atoms with van der Waals surface area (Å²) in [6.45, 7) is 4.72. The van der Waals surface area contributed by atoms with Gasteiger partial charge in [0.2, 0.25) is 0 Å². The van der Waals surface area contributed by atoms with Gasteiger partial charge in [-0.2, -0.15) is 5.10 Å². The zero-order chi connectivity index (χ0) is 11.7. The van der Waals surface area contributed by atoms with E-state index in [0.29, 0.717) is 6.54 Å². The second kappa shape index (κ2) is 4.10. The van der Waals surface area contributed by atoms with Gasteiger partial charge >= 0.3 is 0 Å². The maximum atomic E-state index is 5.74. The molecule has 0 fully saturated rings. The van der Waals surface area contributed by atoms with Crippen molar-refractivity contribution in [2.75, 3.05) is 0 Å². The van der Waals surface area contributed by atoms with Gasteiger partial charge in [-0.25, -0.2) is 0 Å². The van der Waals surface area contributed by atoms with Gasteiger partial charge in [-0.1, -0.05) is 17.7 Å². The minimum absolute atomic E-state index is 0.524. The zero-order valence-corrected chi connectivity index (χ0v) is 9.99. The van der Waals surface area contributed by atoms with Crippen LogP contribution < -0.4 is 5.73 Å². The Labute approximate surface area is 95.9 Å². The zero-order valence-electron chi connectivity index (χ0n) is 9.99. The molecule has 3 heteroatoms. The van der Waals surface area contributed by atoms with Gasteiger partial charge in [0, 0.05) is 30.9 Å². The van der Waals surface area contributed by atoms with Gasteiger partial charge in [0.1, 0.15) is 0 Å². The molecule has 0 atom stereocenters. The van der Waals surface area contributed by atoms with E-state index in [0.717, 1.165) is 11.3 Å². The number of aromatic nitrogens is 2. The van der Waals surface area contributed by atoms with Gasteiger partial charge < -0.3 is 5.73 Å². The second-order valence-electron chi connectivity index (χ2n) is 4.20. The summed E-state index contributed by atoms with van der Waals surface area (Å²) in [7, 11) is 1.92. The minimum atomic E-state index is 0.524. The molecule has 0 saturated carbocycles. The third-order valence-corrected chi connectivity index (χ3v) is 2.77. The van der Waals surface area contributed by atoms with E-state index < -0.39 is 0 Å². The van der Waals surface area contributed by atoms with E-state index in [2.05, 4.69) is 37.1 Å². The first-order valence-corrected chi connectivity index (χ1v) is 5.42. The lowest BCUT2D eigenvalue weighted by molar-refractivity contribution is 0.769. The highest BCUT2D eigenvalue weighted by atomic mass is 15.3. The molecule has 0 spiro atoms. The number of nitrogens with two attached hydrogens (primary N) is 1. The van der Waals surface area contributed by atoms with E-state index in [1.54, 1.807) is 0 Å². The molecule has 16 heavy (non-hydrogen) atoms. The standard InChI is InChI=1S/C13H17N3/c1-9-4-5-10(2)12(6-9)13-11(7-14)8-16(3)15-13/h4-6,8H,7,14H2,1-3H3. The fraction of sp³-hybridized carbons (Fsp3) is 0.308. The van der Waals surface area contributed by atoms with Crippen LogP contribution in [0.1, 0.15) is 16.7 Å². The van der Waals surface area contributed by atoms with Gasteiger partial charge in [-0.15, -0.1) is 0 Å². The minimum Gasteiger partial charge on any atom is -0.326 e. The Kier molecular flexibility index (Phi) is 2.79. The second-order valence-corrected chi connectivity index (χ2v) is 4.20. The molecule has 0 aliphatic rings. The highest BCUT2D eigenvalue weighted by Crippen LogP contribution is 2.25. The molecule has 84 valence electrons. The first-order chi connectivity index (χ1) is 7.61. The van der Waals surface area contributed by atoms with Gasteiger partial charge in [-0.3, -0.25) is 4.68 Å². The summed E-state index contributed by atoms with van der Waals surface area (Å²) >= 11 is 0. The first-order valence-electron chi connectivity index (χ1n) is 5.42. The number of aryl methyl sites for hydroxylation is 3. The Morgan fingerprint density at radius 1 is 1.31 bits per heavy atom. The molecular weight excluding hydrogens is 198 g/mol. The maximum absolute atomic E-state index is 5.74. The third-order valence-electron chi connectivity index (χ3n) is 2.77. The summed E-state index contributed by atoms with van der Waals surface area (Å²) in [5, 5.41) is 4.49. The summed E-state index contributed by atoms with van der Waals surface area (Å²) in [6, 6.07) is 6.40. The van der Waals surface area contributed by atoms with Crippen LogP contribution in [0.15, 0.2) is 24.4 Å². The van der Waals surface area contributed by atoms with Crippen molar-refractivity contribution >= 4 is 0 Å². The molecule has 0 bridgehead atoms. The smallest absolute Gasteiger partial charge is 0.0970 e. The van der Waals surface area contributed by atoms with E-state index in [9.17, 15) is 0 Å². The molecule has 0 amide bonds. The van der Waals surface area contributed by atoms with Crippen molar-refractivity contribution in [3.8, 4) is 11.3 Å². The molecule has 0 aliphatic heterocycles. The first kappa shape index (κ1) is 10.9. The van der Waals surface area contributed by atoms with Crippen molar-refractivity contribution in [2.24, 2.45) is 12.8 Å². The fourth-order valence-corrected chi connectivity index (χ4v) is 1.90. The van der Waals surface area contributed by atoms with Crippen LogP contribution in [0.25, 0.3) is 11.3 Å². The van der Waals surface area contributed by atoms with Crippen LogP contribution in [0.3, 0.4) is 0 Å². The van der Waals surface area contributed by atoms with Gasteiger partial charge in [0.25, 0.3) is 0 Å². The molecule has 2 rings (SSSR count). The lowest BCUT2D eigenvalue weighted by Crippen LogP contribution is -1.97. The van der Waals surface area contributed by atoms with Crippen LogP contribution in [-0.4, -0.2) is 9.78 Å². The number of benzene rings is 1. The topological polar surface area (TPSA) is 43.8 Å². The number of nitrogens with zero attached hydrogens (tertiary/aromatic N) is 2. The highest BCUT2D eigenvalue weighted by molar-refractivity contribution is 5.67. The average Bonchev–Trinajstić information content (AvgIpc) is 2.63. The number of hydrogen-bond donors (Lipinski definition) is 1. The maximum Gasteiger partial charge on any atom is 0.0970 e. The molecule has 1 heterocycles. The van der Waals surface area contributed by atoms with Crippen LogP contribution in [0.5, 0.6) is 0 Å². The summed E-state index contributed by atoms with van der Waals surface area (Å²) < 4.78 is 1.82. The monoisotopic (exact) mass is 215 g/mol. The lowest BCUT2D eigenvalue weighted by atomic mass is 10.0. The van der Waals surface area contributed by atoms with Crippen molar-refractivity contribution < 1.29 is 0 Å². The molecule has 2 aromatic rings. The van der Waals surface area contributed by atoms with Crippen molar-refractivity contribution in [3.05, 3.63) is 41.1 Å². The van der Waals surface area contributed by atoms with Crippen molar-refractivity contribution in [1.29, 1.82) is 0 Å². The predicted octanol–water partition coefficient (Wildman–Crippen LogP) is 2.16. The highest BCUT2D eigenvalue weighted by Gasteiger charge is 2.11. The lowest BCUT2D eigenvalue weighted by Gasteiger charge is -2.06. The Balaban J connectivity index is 2.61. The van der Waals surface area contributed by atoms with Crippen LogP contribution in [0.4, 0.5) is 0 Å². The Hall–Kier alpha value is -1.61. The fourth-order valence-electron chi connectivity index (χ4n) is 1.90. The average molecular weight is 215 g/mol. The Morgan fingerprint density at radius 3 is 2.75 bits per heavy atom. The molecule has 0 radical (unpaired) electrons. The van der Waals surface area contributed by atoms with E-state index in [1.165, 1.54) is 16.7 Å². The summed E-state index contributed by atoms with van der Waals surface area (Å²) in [5.41, 5.74) is 11.5. The van der Waals surface area contributed by atoms with Crippen molar-refractivity contribution in [2.45, 2.75) is 20.4 Å². The Morgan fingerprint density at radius 2 is 2.06 bits per heavy atom. The quantitative estimate of drug-likeness (QED) is 0.834. The molecule has 1 aromatic carbocycles. The summed E-state index contributed by atoms with van der Waals surface area (Å²) in [4.78, 5) is 0. The van der Waals surface area contributed by atoms with Crippen LogP contribution in [0, 0.1) is 13.8 Å². The van der Waals surface area contributed by atoms with Crippen molar-refractivity contribution in [1.82, 2.24) is 9.78 Å². The third kappa shape index (κ3) is 1.86. The van der Waals surface area contributed by atoms with E-state index in [1.807, 2.05) is 17.9 Å². The molecular formula is C13H17N3. The number of hydrogen-bond acceptors (Lipinski definition) is 2.